The van der Waals surface area contributed by atoms with Crippen molar-refractivity contribution in [2.45, 2.75) is 20.1 Å². The lowest BCUT2D eigenvalue weighted by Gasteiger charge is -2.17. The zero-order chi connectivity index (χ0) is 19.7. The van der Waals surface area contributed by atoms with Gasteiger partial charge in [-0.1, -0.05) is 11.6 Å². The third kappa shape index (κ3) is 6.45. The quantitative estimate of drug-likeness (QED) is 0.628. The van der Waals surface area contributed by atoms with Crippen LogP contribution in [0.25, 0.3) is 0 Å². The van der Waals surface area contributed by atoms with Crippen LogP contribution in [0, 0.1) is 28.6 Å². The van der Waals surface area contributed by atoms with Crippen molar-refractivity contribution in [3.63, 3.8) is 0 Å². The number of nitrogens with two attached hydrogens (primary N) is 1. The van der Waals surface area contributed by atoms with E-state index in [-0.39, 0.29) is 5.78 Å². The van der Waals surface area contributed by atoms with Crippen LogP contribution in [0.2, 0.25) is 5.02 Å². The second-order valence-corrected chi connectivity index (χ2v) is 5.80. The van der Waals surface area contributed by atoms with Crippen molar-refractivity contribution in [2.24, 2.45) is 5.92 Å². The van der Waals surface area contributed by atoms with Crippen molar-refractivity contribution in [3.05, 3.63) is 58.6 Å². The number of Topliss-reactive ketones (excluding diaryl/α,β-unsaturated/α-hetero) is 1. The summed E-state index contributed by atoms with van der Waals surface area (Å²) in [5.74, 6) is -0.281. The van der Waals surface area contributed by atoms with Crippen LogP contribution in [0.3, 0.4) is 0 Å². The van der Waals surface area contributed by atoms with Crippen molar-refractivity contribution in [1.29, 1.82) is 10.5 Å². The van der Waals surface area contributed by atoms with Crippen molar-refractivity contribution in [2.75, 3.05) is 5.73 Å². The molecule has 2 aromatic carbocycles. The maximum absolute atomic E-state index is 11.0. The number of benzene rings is 2. The molecule has 26 heavy (non-hydrogen) atoms. The molecule has 0 saturated heterocycles. The van der Waals surface area contributed by atoms with E-state index in [2.05, 4.69) is 0 Å². The van der Waals surface area contributed by atoms with Gasteiger partial charge in [-0.25, -0.2) is 0 Å². The van der Waals surface area contributed by atoms with Crippen LogP contribution in [0.1, 0.15) is 25.0 Å². The number of ketones is 1. The van der Waals surface area contributed by atoms with Gasteiger partial charge < -0.3 is 15.6 Å². The zero-order valence-electron chi connectivity index (χ0n) is 14.3. The number of anilines is 1. The number of nitrogens with zero attached hydrogens (tertiary/aromatic N) is 2. The third-order valence-electron chi connectivity index (χ3n) is 3.42. The summed E-state index contributed by atoms with van der Waals surface area (Å²) >= 11 is 5.63. The first kappa shape index (κ1) is 21.0. The van der Waals surface area contributed by atoms with Gasteiger partial charge in [0, 0.05) is 5.69 Å². The number of carbonyl (C=O) groups excluding carboxylic acids is 1. The Balaban J connectivity index is 0.000000289. The number of nitrogen functional groups attached to an aromatic ring is 1. The molecule has 134 valence electrons. The summed E-state index contributed by atoms with van der Waals surface area (Å²) in [4.78, 5) is 11.0. The lowest BCUT2D eigenvalue weighted by atomic mass is 10.1. The predicted molar refractivity (Wildman–Crippen MR) is 98.2 cm³/mol. The van der Waals surface area contributed by atoms with E-state index in [9.17, 15) is 9.90 Å². The first-order chi connectivity index (χ1) is 12.3. The second-order valence-electron chi connectivity index (χ2n) is 5.40. The summed E-state index contributed by atoms with van der Waals surface area (Å²) < 4.78 is 5.16. The largest absolute Gasteiger partial charge is 0.464 e. The SMILES string of the molecule is CC(=O)C(C)C(O)Oc1ccc(C#N)cc1.N#Cc1ccc(N)cc1Cl. The predicted octanol–water partition coefficient (Wildman–Crippen LogP) is 3.27. The van der Waals surface area contributed by atoms with Crippen LogP contribution < -0.4 is 10.5 Å². The van der Waals surface area contributed by atoms with Crippen LogP contribution in [0.5, 0.6) is 5.75 Å². The van der Waals surface area contributed by atoms with Gasteiger partial charge in [0.2, 0.25) is 6.29 Å². The standard InChI is InChI=1S/C12H13NO3.C7H5ClN2/c1-8(9(2)14)12(15)16-11-5-3-10(7-13)4-6-11;8-7-3-6(10)2-1-5(7)4-9/h3-6,8,12,15H,1-2H3;1-3H,10H2. The van der Waals surface area contributed by atoms with Crippen LogP contribution in [-0.4, -0.2) is 17.2 Å². The van der Waals surface area contributed by atoms with Crippen molar-refractivity contribution < 1.29 is 14.6 Å². The molecule has 0 saturated carbocycles. The number of halogens is 1. The number of hydrogen-bond acceptors (Lipinski definition) is 6. The van der Waals surface area contributed by atoms with E-state index < -0.39 is 12.2 Å². The minimum atomic E-state index is -1.16. The average molecular weight is 372 g/mol. The maximum Gasteiger partial charge on any atom is 0.206 e. The van der Waals surface area contributed by atoms with Crippen LogP contribution >= 0.6 is 11.6 Å². The Bertz CT molecular complexity index is 839. The Morgan fingerprint density at radius 2 is 1.81 bits per heavy atom. The molecule has 2 rings (SSSR count). The number of ether oxygens (including phenoxy) is 1. The van der Waals surface area contributed by atoms with E-state index in [0.717, 1.165) is 0 Å². The normalized spacial score (nSPS) is 11.8. The summed E-state index contributed by atoms with van der Waals surface area (Å²) in [6.45, 7) is 2.99. The summed E-state index contributed by atoms with van der Waals surface area (Å²) in [6.07, 6.45) is -1.16. The smallest absolute Gasteiger partial charge is 0.206 e. The Kier molecular flexibility index (Phi) is 8.11. The molecule has 0 fully saturated rings. The Morgan fingerprint density at radius 1 is 1.19 bits per heavy atom. The molecule has 0 amide bonds. The molecule has 2 aromatic rings. The topological polar surface area (TPSA) is 120 Å². The van der Waals surface area contributed by atoms with Gasteiger partial charge in [0.15, 0.2) is 0 Å². The van der Waals surface area contributed by atoms with Crippen LogP contribution in [0.15, 0.2) is 42.5 Å². The number of aliphatic hydroxyl groups is 1. The fourth-order valence-electron chi connectivity index (χ4n) is 1.67. The highest BCUT2D eigenvalue weighted by molar-refractivity contribution is 6.32. The highest BCUT2D eigenvalue weighted by Crippen LogP contribution is 2.17. The fraction of sp³-hybridized carbons (Fsp3) is 0.211. The molecule has 0 aromatic heterocycles. The van der Waals surface area contributed by atoms with Gasteiger partial charge in [-0.05, 0) is 56.3 Å². The number of rotatable bonds is 4. The highest BCUT2D eigenvalue weighted by atomic mass is 35.5. The average Bonchev–Trinajstić information content (AvgIpc) is 2.62. The van der Waals surface area contributed by atoms with Gasteiger partial charge in [0.25, 0.3) is 0 Å². The van der Waals surface area contributed by atoms with Crippen LogP contribution in [-0.2, 0) is 4.79 Å². The van der Waals surface area contributed by atoms with Crippen molar-refractivity contribution >= 4 is 23.1 Å². The van der Waals surface area contributed by atoms with Crippen molar-refractivity contribution in [1.82, 2.24) is 0 Å². The van der Waals surface area contributed by atoms with Gasteiger partial charge >= 0.3 is 0 Å². The summed E-state index contributed by atoms with van der Waals surface area (Å²) in [7, 11) is 0. The summed E-state index contributed by atoms with van der Waals surface area (Å²) in [5, 5.41) is 27.0. The minimum absolute atomic E-state index is 0.138. The van der Waals surface area contributed by atoms with E-state index >= 15 is 0 Å². The molecule has 0 aliphatic carbocycles. The molecule has 7 heteroatoms. The molecule has 0 aliphatic heterocycles. The number of aliphatic hydroxyl groups excluding tert-OH is 1. The van der Waals surface area contributed by atoms with E-state index in [1.807, 2.05) is 12.1 Å². The molecule has 2 atom stereocenters. The lowest BCUT2D eigenvalue weighted by molar-refractivity contribution is -0.132. The highest BCUT2D eigenvalue weighted by Gasteiger charge is 2.19. The molecule has 0 bridgehead atoms. The van der Waals surface area contributed by atoms with Gasteiger partial charge in [-0.3, -0.25) is 4.79 Å². The Morgan fingerprint density at radius 3 is 2.27 bits per heavy atom. The van der Waals surface area contributed by atoms with Gasteiger partial charge in [-0.15, -0.1) is 0 Å². The van der Waals surface area contributed by atoms with Gasteiger partial charge in [0.1, 0.15) is 17.6 Å². The van der Waals surface area contributed by atoms with E-state index in [1.165, 1.54) is 6.92 Å². The molecule has 6 nitrogen and oxygen atoms in total. The van der Waals surface area contributed by atoms with E-state index in [0.29, 0.717) is 27.6 Å². The summed E-state index contributed by atoms with van der Waals surface area (Å²) in [6, 6.07) is 15.0. The van der Waals surface area contributed by atoms with E-state index in [1.54, 1.807) is 49.4 Å². The molecule has 0 radical (unpaired) electrons. The molecule has 0 spiro atoms. The molecular formula is C19H18ClN3O3. The summed E-state index contributed by atoms with van der Waals surface area (Å²) in [5.41, 5.74) is 6.93. The number of nitriles is 2. The number of carbonyl (C=O) groups is 1. The minimum Gasteiger partial charge on any atom is -0.464 e. The van der Waals surface area contributed by atoms with E-state index in [4.69, 9.17) is 32.6 Å². The second kappa shape index (κ2) is 10.0. The zero-order valence-corrected chi connectivity index (χ0v) is 15.1. The maximum atomic E-state index is 11.0. The van der Waals surface area contributed by atoms with Gasteiger partial charge in [0.05, 0.1) is 28.1 Å². The monoisotopic (exact) mass is 371 g/mol. The molecular weight excluding hydrogens is 354 g/mol. The lowest BCUT2D eigenvalue weighted by Crippen LogP contribution is -2.29. The first-order valence-corrected chi connectivity index (χ1v) is 7.96. The Labute approximate surface area is 157 Å². The molecule has 3 N–H and O–H groups in total. The fourth-order valence-corrected chi connectivity index (χ4v) is 1.90. The molecule has 0 aliphatic rings. The van der Waals surface area contributed by atoms with Crippen molar-refractivity contribution in [3.8, 4) is 17.9 Å². The molecule has 2 unspecified atom stereocenters. The first-order valence-electron chi connectivity index (χ1n) is 7.59. The number of hydrogen-bond donors (Lipinski definition) is 2. The Hall–Kier alpha value is -3.06. The molecule has 0 heterocycles. The third-order valence-corrected chi connectivity index (χ3v) is 3.74. The van der Waals surface area contributed by atoms with Gasteiger partial charge in [-0.2, -0.15) is 10.5 Å². The van der Waals surface area contributed by atoms with Crippen LogP contribution in [0.4, 0.5) is 5.69 Å².